The highest BCUT2D eigenvalue weighted by Gasteiger charge is 2.44. The Balaban J connectivity index is 3.20. The van der Waals surface area contributed by atoms with Crippen molar-refractivity contribution in [1.29, 1.82) is 0 Å². The summed E-state index contributed by atoms with van der Waals surface area (Å²) >= 11 is 0. The molecule has 0 aromatic carbocycles. The summed E-state index contributed by atoms with van der Waals surface area (Å²) in [5, 5.41) is 20.0. The number of aliphatic hydroxyl groups excluding tert-OH is 1. The number of nitrogens with zero attached hydrogens (tertiary/aromatic N) is 1. The number of aliphatic hydroxyl groups is 2. The van der Waals surface area contributed by atoms with Crippen LogP contribution in [0.3, 0.4) is 0 Å². The van der Waals surface area contributed by atoms with Crippen LogP contribution in [0.1, 0.15) is 34.6 Å². The van der Waals surface area contributed by atoms with Gasteiger partial charge in [0.05, 0.1) is 11.4 Å². The second kappa shape index (κ2) is 3.48. The number of aliphatic imine (C=N–C) groups is 1. The molecule has 0 aromatic rings. The fourth-order valence-electron chi connectivity index (χ4n) is 1.81. The molecule has 1 aliphatic heterocycles. The molecule has 2 atom stereocenters. The average molecular weight is 197 g/mol. The summed E-state index contributed by atoms with van der Waals surface area (Å²) in [6.45, 7) is 9.33. The molecule has 0 bridgehead atoms. The van der Waals surface area contributed by atoms with Gasteiger partial charge >= 0.3 is 0 Å². The number of rotatable bonds is 1. The molecular formula is C11H19NO2. The van der Waals surface area contributed by atoms with E-state index in [-0.39, 0.29) is 5.92 Å². The maximum absolute atomic E-state index is 10.1. The van der Waals surface area contributed by atoms with Crippen LogP contribution in [0.4, 0.5) is 0 Å². The van der Waals surface area contributed by atoms with Crippen LogP contribution in [0, 0.1) is 5.92 Å². The van der Waals surface area contributed by atoms with Gasteiger partial charge in [-0.15, -0.1) is 0 Å². The Morgan fingerprint density at radius 2 is 1.93 bits per heavy atom. The first-order chi connectivity index (χ1) is 6.28. The Morgan fingerprint density at radius 3 is 2.14 bits per heavy atom. The van der Waals surface area contributed by atoms with Crippen molar-refractivity contribution in [3.8, 4) is 0 Å². The van der Waals surface area contributed by atoms with Crippen molar-refractivity contribution in [1.82, 2.24) is 0 Å². The minimum atomic E-state index is -1.21. The van der Waals surface area contributed by atoms with E-state index in [4.69, 9.17) is 0 Å². The van der Waals surface area contributed by atoms with E-state index in [0.717, 1.165) is 5.57 Å². The van der Waals surface area contributed by atoms with Crippen molar-refractivity contribution >= 4 is 5.71 Å². The van der Waals surface area contributed by atoms with Gasteiger partial charge in [0.1, 0.15) is 11.7 Å². The topological polar surface area (TPSA) is 52.8 Å². The lowest BCUT2D eigenvalue weighted by molar-refractivity contribution is 0.0147. The fraction of sp³-hybridized carbons (Fsp3) is 0.727. The largest absolute Gasteiger partial charge is 0.383 e. The zero-order chi connectivity index (χ0) is 11.1. The predicted molar refractivity (Wildman–Crippen MR) is 57.3 cm³/mol. The predicted octanol–water partition coefficient (Wildman–Crippen LogP) is 1.50. The van der Waals surface area contributed by atoms with Crippen LogP contribution >= 0.6 is 0 Å². The van der Waals surface area contributed by atoms with Crippen molar-refractivity contribution in [2.75, 3.05) is 0 Å². The molecule has 0 amide bonds. The first kappa shape index (κ1) is 11.4. The van der Waals surface area contributed by atoms with Gasteiger partial charge in [0, 0.05) is 0 Å². The van der Waals surface area contributed by atoms with Gasteiger partial charge < -0.3 is 10.2 Å². The van der Waals surface area contributed by atoms with Crippen molar-refractivity contribution in [3.05, 3.63) is 11.3 Å². The molecule has 1 rings (SSSR count). The summed E-state index contributed by atoms with van der Waals surface area (Å²) in [5.74, 6) is 0.150. The van der Waals surface area contributed by atoms with Gasteiger partial charge in [-0.1, -0.05) is 19.4 Å². The van der Waals surface area contributed by atoms with Gasteiger partial charge in [-0.3, -0.25) is 4.99 Å². The lowest BCUT2D eigenvalue weighted by atomic mass is 9.88. The van der Waals surface area contributed by atoms with Crippen molar-refractivity contribution in [2.45, 2.75) is 46.3 Å². The van der Waals surface area contributed by atoms with E-state index in [2.05, 4.69) is 4.99 Å². The van der Waals surface area contributed by atoms with Crippen LogP contribution in [-0.4, -0.2) is 27.6 Å². The Morgan fingerprint density at radius 1 is 1.43 bits per heavy atom. The summed E-state index contributed by atoms with van der Waals surface area (Å²) in [7, 11) is 0. The second-order valence-electron chi connectivity index (χ2n) is 4.59. The molecule has 0 fully saturated rings. The van der Waals surface area contributed by atoms with E-state index >= 15 is 0 Å². The van der Waals surface area contributed by atoms with E-state index in [1.54, 1.807) is 6.92 Å². The molecule has 0 spiro atoms. The Hall–Kier alpha value is -0.670. The molecule has 0 aliphatic carbocycles. The number of allylic oxidation sites excluding steroid dienone is 1. The molecule has 0 unspecified atom stereocenters. The third-order valence-corrected chi connectivity index (χ3v) is 2.61. The fourth-order valence-corrected chi connectivity index (χ4v) is 1.81. The third kappa shape index (κ3) is 1.62. The van der Waals surface area contributed by atoms with E-state index in [0.29, 0.717) is 11.4 Å². The zero-order valence-electron chi connectivity index (χ0n) is 9.50. The first-order valence-electron chi connectivity index (χ1n) is 4.95. The van der Waals surface area contributed by atoms with E-state index in [9.17, 15) is 10.2 Å². The van der Waals surface area contributed by atoms with Gasteiger partial charge in [0.25, 0.3) is 0 Å². The molecule has 80 valence electrons. The van der Waals surface area contributed by atoms with Gasteiger partial charge in [-0.2, -0.15) is 0 Å². The van der Waals surface area contributed by atoms with Crippen molar-refractivity contribution in [2.24, 2.45) is 10.9 Å². The van der Waals surface area contributed by atoms with Crippen LogP contribution in [0.2, 0.25) is 0 Å². The standard InChI is InChI=1S/C11H19NO2/c1-6(2)8-10(13)11(5,14)9(12-8)7(3)4/h7,10,13-14H,1-5H3/t10-,11+/m1/s1. The Labute approximate surface area is 85.2 Å². The van der Waals surface area contributed by atoms with Crippen LogP contribution in [0.15, 0.2) is 16.3 Å². The molecule has 1 aliphatic rings. The molecule has 0 radical (unpaired) electrons. The minimum absolute atomic E-state index is 0.150. The van der Waals surface area contributed by atoms with Gasteiger partial charge in [0.15, 0.2) is 0 Å². The van der Waals surface area contributed by atoms with Crippen LogP contribution in [0.5, 0.6) is 0 Å². The molecule has 1 heterocycles. The van der Waals surface area contributed by atoms with Crippen LogP contribution in [0.25, 0.3) is 0 Å². The SMILES string of the molecule is CC(C)=C1N=C(C(C)C)[C@](C)(O)[C@@H]1O. The smallest absolute Gasteiger partial charge is 0.131 e. The van der Waals surface area contributed by atoms with Crippen LogP contribution in [-0.2, 0) is 0 Å². The monoisotopic (exact) mass is 197 g/mol. The summed E-state index contributed by atoms with van der Waals surface area (Å²) < 4.78 is 0. The molecule has 0 saturated carbocycles. The van der Waals surface area contributed by atoms with Gasteiger partial charge in [0.2, 0.25) is 0 Å². The molecule has 14 heavy (non-hydrogen) atoms. The summed E-state index contributed by atoms with van der Waals surface area (Å²) in [5.41, 5.74) is 1.02. The highest BCUT2D eigenvalue weighted by Crippen LogP contribution is 2.32. The molecule has 2 N–H and O–H groups in total. The summed E-state index contributed by atoms with van der Waals surface area (Å²) in [6.07, 6.45) is -0.884. The lowest BCUT2D eigenvalue weighted by Crippen LogP contribution is -2.44. The highest BCUT2D eigenvalue weighted by molar-refractivity contribution is 5.97. The molecule has 3 nitrogen and oxygen atoms in total. The maximum atomic E-state index is 10.1. The van der Waals surface area contributed by atoms with E-state index in [1.165, 1.54) is 0 Å². The number of hydrogen-bond donors (Lipinski definition) is 2. The zero-order valence-corrected chi connectivity index (χ0v) is 9.50. The van der Waals surface area contributed by atoms with Crippen molar-refractivity contribution in [3.63, 3.8) is 0 Å². The lowest BCUT2D eigenvalue weighted by Gasteiger charge is -2.25. The summed E-state index contributed by atoms with van der Waals surface area (Å²) in [6, 6.07) is 0. The average Bonchev–Trinajstić information content (AvgIpc) is 2.24. The number of hydrogen-bond acceptors (Lipinski definition) is 3. The highest BCUT2D eigenvalue weighted by atomic mass is 16.3. The van der Waals surface area contributed by atoms with E-state index < -0.39 is 11.7 Å². The quantitative estimate of drug-likeness (QED) is 0.669. The molecule has 0 saturated heterocycles. The normalized spacial score (nSPS) is 32.4. The molecular weight excluding hydrogens is 178 g/mol. The third-order valence-electron chi connectivity index (χ3n) is 2.61. The summed E-state index contributed by atoms with van der Waals surface area (Å²) in [4.78, 5) is 4.32. The van der Waals surface area contributed by atoms with Gasteiger partial charge in [-0.25, -0.2) is 0 Å². The maximum Gasteiger partial charge on any atom is 0.131 e. The van der Waals surface area contributed by atoms with Crippen molar-refractivity contribution < 1.29 is 10.2 Å². The first-order valence-corrected chi connectivity index (χ1v) is 4.95. The second-order valence-corrected chi connectivity index (χ2v) is 4.59. The van der Waals surface area contributed by atoms with Gasteiger partial charge in [-0.05, 0) is 26.7 Å². The minimum Gasteiger partial charge on any atom is -0.383 e. The van der Waals surface area contributed by atoms with Crippen LogP contribution < -0.4 is 0 Å². The molecule has 0 aromatic heterocycles. The Kier molecular flexibility index (Phi) is 2.83. The molecule has 3 heteroatoms. The Bertz CT molecular complexity index is 296. The van der Waals surface area contributed by atoms with E-state index in [1.807, 2.05) is 27.7 Å².